The maximum atomic E-state index is 9.70. The molecule has 0 aliphatic carbocycles. The number of phenolic OH excluding ortho intramolecular Hbond substituents is 2. The Morgan fingerprint density at radius 2 is 1.04 bits per heavy atom. The first-order valence-electron chi connectivity index (χ1n) is 7.82. The number of fused-ring (bicyclic) bond motifs is 4. The van der Waals surface area contributed by atoms with Gasteiger partial charge in [-0.1, -0.05) is 24.3 Å². The summed E-state index contributed by atoms with van der Waals surface area (Å²) < 4.78 is 0. The maximum absolute atomic E-state index is 9.70. The van der Waals surface area contributed by atoms with Gasteiger partial charge in [-0.3, -0.25) is 0 Å². The summed E-state index contributed by atoms with van der Waals surface area (Å²) in [4.78, 5) is 0. The fraction of sp³-hybridized carbons (Fsp3) is 0. The average Bonchev–Trinajstić information content (AvgIpc) is 2.58. The van der Waals surface area contributed by atoms with Crippen molar-refractivity contribution in [1.82, 2.24) is 0 Å². The molecule has 2 nitrogen and oxygen atoms in total. The summed E-state index contributed by atoms with van der Waals surface area (Å²) in [7, 11) is 0. The molecule has 5 aromatic carbocycles. The van der Waals surface area contributed by atoms with E-state index in [1.165, 1.54) is 21.5 Å². The number of benzene rings is 5. The Balaban J connectivity index is 1.89. The van der Waals surface area contributed by atoms with Gasteiger partial charge in [-0.2, -0.15) is 0 Å². The largest absolute Gasteiger partial charge is 0.504 e. The molecule has 0 aliphatic heterocycles. The molecule has 2 N–H and O–H groups in total. The normalized spacial score (nSPS) is 11.7. The molecule has 0 saturated heterocycles. The van der Waals surface area contributed by atoms with Gasteiger partial charge in [0.05, 0.1) is 0 Å². The minimum Gasteiger partial charge on any atom is -0.504 e. The molecule has 0 aromatic heterocycles. The summed E-state index contributed by atoms with van der Waals surface area (Å²) in [5.41, 5.74) is 0. The van der Waals surface area contributed by atoms with Gasteiger partial charge < -0.3 is 10.2 Å². The van der Waals surface area contributed by atoms with Crippen LogP contribution in [0.5, 0.6) is 11.5 Å². The van der Waals surface area contributed by atoms with E-state index in [4.69, 9.17) is 0 Å². The lowest BCUT2D eigenvalue weighted by atomic mass is 9.97. The highest BCUT2D eigenvalue weighted by Gasteiger charge is 2.06. The van der Waals surface area contributed by atoms with Gasteiger partial charge >= 0.3 is 0 Å². The van der Waals surface area contributed by atoms with Gasteiger partial charge in [-0.05, 0) is 85.6 Å². The van der Waals surface area contributed by atoms with Crippen LogP contribution in [0.25, 0.3) is 43.1 Å². The molecule has 0 fully saturated rings. The van der Waals surface area contributed by atoms with Crippen molar-refractivity contribution in [3.8, 4) is 11.5 Å². The summed E-state index contributed by atoms with van der Waals surface area (Å²) in [6.07, 6.45) is 0. The second-order valence-electron chi connectivity index (χ2n) is 6.19. The minimum absolute atomic E-state index is 0.145. The molecule has 5 aromatic rings. The van der Waals surface area contributed by atoms with Crippen molar-refractivity contribution in [2.24, 2.45) is 0 Å². The van der Waals surface area contributed by atoms with Crippen molar-refractivity contribution in [1.29, 1.82) is 0 Å². The molecule has 0 heterocycles. The first kappa shape index (κ1) is 13.2. The van der Waals surface area contributed by atoms with Crippen molar-refractivity contribution in [3.05, 3.63) is 72.8 Å². The van der Waals surface area contributed by atoms with E-state index in [0.29, 0.717) is 0 Å². The van der Waals surface area contributed by atoms with Gasteiger partial charge in [0.2, 0.25) is 0 Å². The summed E-state index contributed by atoms with van der Waals surface area (Å²) >= 11 is 0. The molecule has 24 heavy (non-hydrogen) atoms. The lowest BCUT2D eigenvalue weighted by Crippen LogP contribution is -1.81. The third-order valence-electron chi connectivity index (χ3n) is 4.62. The van der Waals surface area contributed by atoms with E-state index < -0.39 is 0 Å². The van der Waals surface area contributed by atoms with Gasteiger partial charge in [0.25, 0.3) is 0 Å². The van der Waals surface area contributed by atoms with E-state index >= 15 is 0 Å². The summed E-state index contributed by atoms with van der Waals surface area (Å²) in [6.45, 7) is 0. The fourth-order valence-electron chi connectivity index (χ4n) is 3.40. The SMILES string of the molecule is Oc1[c]c2cc3cc4cc5ccccc5cc4cc3cc2cc1O. The van der Waals surface area contributed by atoms with Gasteiger partial charge in [-0.25, -0.2) is 0 Å². The molecule has 1 radical (unpaired) electrons. The van der Waals surface area contributed by atoms with E-state index in [1.807, 2.05) is 24.3 Å². The lowest BCUT2D eigenvalue weighted by molar-refractivity contribution is 0.404. The zero-order valence-electron chi connectivity index (χ0n) is 12.7. The molecule has 0 aliphatic rings. The van der Waals surface area contributed by atoms with Crippen molar-refractivity contribution in [2.45, 2.75) is 0 Å². The molecule has 2 heteroatoms. The van der Waals surface area contributed by atoms with Crippen molar-refractivity contribution in [2.75, 3.05) is 0 Å². The molecule has 0 unspecified atom stereocenters. The van der Waals surface area contributed by atoms with Crippen LogP contribution in [0.3, 0.4) is 0 Å². The lowest BCUT2D eigenvalue weighted by Gasteiger charge is -2.08. The highest BCUT2D eigenvalue weighted by Crippen LogP contribution is 2.34. The monoisotopic (exact) mass is 309 g/mol. The highest BCUT2D eigenvalue weighted by molar-refractivity contribution is 6.08. The standard InChI is InChI=1S/C22H13O2/c23-21-11-19-9-17-7-15-5-13-3-1-2-4-14(13)6-16(15)8-18(17)10-20(19)12-22(21)24/h1-11,23-24H. The van der Waals surface area contributed by atoms with Crippen molar-refractivity contribution in [3.63, 3.8) is 0 Å². The molecule has 0 saturated carbocycles. The minimum atomic E-state index is -0.214. The van der Waals surface area contributed by atoms with Gasteiger partial charge in [0, 0.05) is 6.07 Å². The van der Waals surface area contributed by atoms with Crippen LogP contribution in [0, 0.1) is 6.07 Å². The maximum Gasteiger partial charge on any atom is 0.166 e. The Bertz CT molecular complexity index is 1170. The third-order valence-corrected chi connectivity index (χ3v) is 4.62. The van der Waals surface area contributed by atoms with Crippen LogP contribution in [0.2, 0.25) is 0 Å². The van der Waals surface area contributed by atoms with Crippen molar-refractivity contribution < 1.29 is 10.2 Å². The van der Waals surface area contributed by atoms with Gasteiger partial charge in [0.15, 0.2) is 11.5 Å². The first-order valence-corrected chi connectivity index (χ1v) is 7.82. The number of hydrogen-bond donors (Lipinski definition) is 2. The predicted molar refractivity (Wildman–Crippen MR) is 98.6 cm³/mol. The van der Waals surface area contributed by atoms with Crippen LogP contribution in [0.15, 0.2) is 66.7 Å². The second-order valence-corrected chi connectivity index (χ2v) is 6.19. The van der Waals surface area contributed by atoms with Crippen LogP contribution in [0.1, 0.15) is 0 Å². The van der Waals surface area contributed by atoms with E-state index in [9.17, 15) is 10.2 Å². The van der Waals surface area contributed by atoms with E-state index in [2.05, 4.69) is 42.5 Å². The fourth-order valence-corrected chi connectivity index (χ4v) is 3.40. The zero-order valence-corrected chi connectivity index (χ0v) is 12.7. The van der Waals surface area contributed by atoms with Gasteiger partial charge in [-0.15, -0.1) is 0 Å². The van der Waals surface area contributed by atoms with Gasteiger partial charge in [0.1, 0.15) is 0 Å². The summed E-state index contributed by atoms with van der Waals surface area (Å²) in [5, 5.41) is 28.0. The molecular formula is C22H13O2. The summed E-state index contributed by atoms with van der Waals surface area (Å²) in [5.74, 6) is -0.359. The average molecular weight is 309 g/mol. The van der Waals surface area contributed by atoms with Crippen LogP contribution in [-0.4, -0.2) is 10.2 Å². The van der Waals surface area contributed by atoms with Crippen LogP contribution >= 0.6 is 0 Å². The van der Waals surface area contributed by atoms with Crippen LogP contribution < -0.4 is 0 Å². The number of phenols is 2. The van der Waals surface area contributed by atoms with Crippen LogP contribution in [0.4, 0.5) is 0 Å². The van der Waals surface area contributed by atoms with E-state index in [-0.39, 0.29) is 11.5 Å². The molecule has 0 amide bonds. The topological polar surface area (TPSA) is 40.5 Å². The quantitative estimate of drug-likeness (QED) is 0.292. The molecule has 0 bridgehead atoms. The van der Waals surface area contributed by atoms with E-state index in [1.54, 1.807) is 6.07 Å². The Kier molecular flexibility index (Phi) is 2.54. The predicted octanol–water partition coefficient (Wildman–Crippen LogP) is 5.51. The number of rotatable bonds is 0. The molecule has 113 valence electrons. The second kappa shape index (κ2) is 4.62. The Labute approximate surface area is 138 Å². The van der Waals surface area contributed by atoms with E-state index in [0.717, 1.165) is 21.5 Å². The Morgan fingerprint density at radius 3 is 1.67 bits per heavy atom. The zero-order chi connectivity index (χ0) is 16.3. The van der Waals surface area contributed by atoms with Crippen LogP contribution in [-0.2, 0) is 0 Å². The molecule has 5 rings (SSSR count). The molecule has 0 spiro atoms. The third kappa shape index (κ3) is 1.90. The Hall–Kier alpha value is -3.26. The number of aromatic hydroxyl groups is 2. The van der Waals surface area contributed by atoms with Crippen molar-refractivity contribution >= 4 is 43.1 Å². The Morgan fingerprint density at radius 1 is 0.542 bits per heavy atom. The highest BCUT2D eigenvalue weighted by atomic mass is 16.3. The molecular weight excluding hydrogens is 296 g/mol. The summed E-state index contributed by atoms with van der Waals surface area (Å²) in [6, 6.07) is 25.5. The first-order chi connectivity index (χ1) is 11.7. The number of hydrogen-bond acceptors (Lipinski definition) is 2. The smallest absolute Gasteiger partial charge is 0.166 e. The molecule has 0 atom stereocenters.